The summed E-state index contributed by atoms with van der Waals surface area (Å²) in [5.74, 6) is 2.82. The first kappa shape index (κ1) is 11.8. The molecular weight excluding hydrogens is 224 g/mol. The molecule has 3 rings (SSSR count). The molecule has 1 aromatic rings. The van der Waals surface area contributed by atoms with Crippen molar-refractivity contribution < 1.29 is 4.74 Å². The molecule has 1 heterocycles. The lowest BCUT2D eigenvalue weighted by Crippen LogP contribution is -2.27. The summed E-state index contributed by atoms with van der Waals surface area (Å²) in [5, 5.41) is 0. The molecular formula is C15H22N2O. The molecule has 2 aliphatic rings. The van der Waals surface area contributed by atoms with Crippen LogP contribution in [-0.4, -0.2) is 31.1 Å². The summed E-state index contributed by atoms with van der Waals surface area (Å²) in [7, 11) is 0. The Hall–Kier alpha value is -1.22. The van der Waals surface area contributed by atoms with E-state index in [4.69, 9.17) is 10.5 Å². The molecule has 0 amide bonds. The Morgan fingerprint density at radius 3 is 2.72 bits per heavy atom. The molecule has 0 bridgehead atoms. The Balaban J connectivity index is 1.43. The first-order valence-electron chi connectivity index (χ1n) is 7.02. The largest absolute Gasteiger partial charge is 0.492 e. The maximum absolute atomic E-state index is 5.75. The fourth-order valence-electron chi connectivity index (χ4n) is 3.41. The normalized spacial score (nSPS) is 27.3. The lowest BCUT2D eigenvalue weighted by atomic mass is 10.0. The van der Waals surface area contributed by atoms with E-state index in [9.17, 15) is 0 Å². The van der Waals surface area contributed by atoms with E-state index in [1.54, 1.807) is 0 Å². The first-order chi connectivity index (χ1) is 8.81. The Labute approximate surface area is 109 Å². The number of nitrogens with zero attached hydrogens (tertiary/aromatic N) is 1. The van der Waals surface area contributed by atoms with Crippen LogP contribution in [0.25, 0.3) is 0 Å². The van der Waals surface area contributed by atoms with Gasteiger partial charge in [0.15, 0.2) is 0 Å². The van der Waals surface area contributed by atoms with Crippen molar-refractivity contribution >= 4 is 5.69 Å². The van der Waals surface area contributed by atoms with Gasteiger partial charge in [-0.1, -0.05) is 12.5 Å². The van der Waals surface area contributed by atoms with Crippen LogP contribution in [0.5, 0.6) is 5.75 Å². The van der Waals surface area contributed by atoms with Crippen LogP contribution in [0.1, 0.15) is 19.3 Å². The van der Waals surface area contributed by atoms with Gasteiger partial charge in [-0.15, -0.1) is 0 Å². The Morgan fingerprint density at radius 2 is 2.00 bits per heavy atom. The summed E-state index contributed by atoms with van der Waals surface area (Å²) in [5.41, 5.74) is 6.49. The Morgan fingerprint density at radius 1 is 1.22 bits per heavy atom. The summed E-state index contributed by atoms with van der Waals surface area (Å²) in [6.45, 7) is 4.38. The van der Waals surface area contributed by atoms with E-state index in [1.807, 2.05) is 24.3 Å². The number of rotatable bonds is 4. The number of likely N-dealkylation sites (tertiary alicyclic amines) is 1. The second-order valence-electron chi connectivity index (χ2n) is 5.63. The minimum atomic E-state index is 0.767. The molecule has 3 heteroatoms. The van der Waals surface area contributed by atoms with Gasteiger partial charge in [-0.25, -0.2) is 0 Å². The lowest BCUT2D eigenvalue weighted by molar-refractivity contribution is 0.227. The summed E-state index contributed by atoms with van der Waals surface area (Å²) < 4.78 is 5.75. The van der Waals surface area contributed by atoms with E-state index < -0.39 is 0 Å². The molecule has 1 aliphatic carbocycles. The van der Waals surface area contributed by atoms with Crippen molar-refractivity contribution in [3.63, 3.8) is 0 Å². The zero-order valence-electron chi connectivity index (χ0n) is 10.8. The van der Waals surface area contributed by atoms with Crippen molar-refractivity contribution in [3.05, 3.63) is 24.3 Å². The van der Waals surface area contributed by atoms with Crippen molar-refractivity contribution in [3.8, 4) is 5.75 Å². The molecule has 2 atom stereocenters. The van der Waals surface area contributed by atoms with Crippen molar-refractivity contribution in [2.75, 3.05) is 32.0 Å². The van der Waals surface area contributed by atoms with Gasteiger partial charge < -0.3 is 10.5 Å². The van der Waals surface area contributed by atoms with Gasteiger partial charge in [-0.2, -0.15) is 0 Å². The predicted molar refractivity (Wildman–Crippen MR) is 73.6 cm³/mol. The number of anilines is 1. The van der Waals surface area contributed by atoms with Crippen molar-refractivity contribution in [1.82, 2.24) is 4.90 Å². The number of hydrogen-bond donors (Lipinski definition) is 1. The van der Waals surface area contributed by atoms with Crippen LogP contribution < -0.4 is 10.5 Å². The molecule has 1 saturated carbocycles. The second-order valence-corrected chi connectivity index (χ2v) is 5.63. The summed E-state index contributed by atoms with van der Waals surface area (Å²) >= 11 is 0. The van der Waals surface area contributed by atoms with Crippen LogP contribution in [0.4, 0.5) is 5.69 Å². The van der Waals surface area contributed by atoms with E-state index in [1.165, 1.54) is 32.4 Å². The first-order valence-corrected chi connectivity index (χ1v) is 7.02. The fraction of sp³-hybridized carbons (Fsp3) is 0.600. The molecule has 2 unspecified atom stereocenters. The van der Waals surface area contributed by atoms with Crippen LogP contribution in [0.2, 0.25) is 0 Å². The zero-order chi connectivity index (χ0) is 12.4. The van der Waals surface area contributed by atoms with Crippen LogP contribution >= 0.6 is 0 Å². The monoisotopic (exact) mass is 246 g/mol. The van der Waals surface area contributed by atoms with E-state index in [0.717, 1.165) is 36.4 Å². The number of hydrogen-bond acceptors (Lipinski definition) is 3. The third-order valence-electron chi connectivity index (χ3n) is 4.34. The molecule has 1 aliphatic heterocycles. The summed E-state index contributed by atoms with van der Waals surface area (Å²) in [4.78, 5) is 2.56. The maximum atomic E-state index is 5.75. The van der Waals surface area contributed by atoms with Gasteiger partial charge in [-0.3, -0.25) is 4.90 Å². The molecule has 2 N–H and O–H groups in total. The van der Waals surface area contributed by atoms with Crippen LogP contribution in [-0.2, 0) is 0 Å². The highest BCUT2D eigenvalue weighted by atomic mass is 16.5. The molecule has 3 nitrogen and oxygen atoms in total. The SMILES string of the molecule is Nc1cccc(OCCN2CC3CCCC3C2)c1. The minimum Gasteiger partial charge on any atom is -0.492 e. The van der Waals surface area contributed by atoms with Gasteiger partial charge in [-0.05, 0) is 36.8 Å². The van der Waals surface area contributed by atoms with E-state index in [0.29, 0.717) is 0 Å². The van der Waals surface area contributed by atoms with E-state index in [2.05, 4.69) is 4.90 Å². The predicted octanol–water partition coefficient (Wildman–Crippen LogP) is 2.38. The Bertz CT molecular complexity index is 395. The van der Waals surface area contributed by atoms with Gasteiger partial charge in [0.25, 0.3) is 0 Å². The number of ether oxygens (including phenoxy) is 1. The third-order valence-corrected chi connectivity index (χ3v) is 4.34. The molecule has 0 spiro atoms. The third kappa shape index (κ3) is 2.61. The van der Waals surface area contributed by atoms with Crippen molar-refractivity contribution in [2.45, 2.75) is 19.3 Å². The standard InChI is InChI=1S/C15H22N2O/c16-14-5-2-6-15(9-14)18-8-7-17-10-12-3-1-4-13(12)11-17/h2,5-6,9,12-13H,1,3-4,7-8,10-11,16H2. The van der Waals surface area contributed by atoms with Crippen molar-refractivity contribution in [1.29, 1.82) is 0 Å². The highest BCUT2D eigenvalue weighted by molar-refractivity contribution is 5.43. The smallest absolute Gasteiger partial charge is 0.121 e. The van der Waals surface area contributed by atoms with Gasteiger partial charge in [0.1, 0.15) is 12.4 Å². The van der Waals surface area contributed by atoms with Crippen molar-refractivity contribution in [2.24, 2.45) is 11.8 Å². The second kappa shape index (κ2) is 5.19. The molecule has 0 radical (unpaired) electrons. The van der Waals surface area contributed by atoms with Crippen LogP contribution in [0.3, 0.4) is 0 Å². The average Bonchev–Trinajstić information content (AvgIpc) is 2.89. The number of fused-ring (bicyclic) bond motifs is 1. The molecule has 0 aromatic heterocycles. The lowest BCUT2D eigenvalue weighted by Gasteiger charge is -2.17. The Kier molecular flexibility index (Phi) is 3.41. The number of nitrogen functional groups attached to an aromatic ring is 1. The molecule has 2 fully saturated rings. The zero-order valence-corrected chi connectivity index (χ0v) is 10.8. The van der Waals surface area contributed by atoms with Gasteiger partial charge in [0.2, 0.25) is 0 Å². The van der Waals surface area contributed by atoms with Gasteiger partial charge >= 0.3 is 0 Å². The van der Waals surface area contributed by atoms with Gasteiger partial charge in [0.05, 0.1) is 0 Å². The summed E-state index contributed by atoms with van der Waals surface area (Å²) in [6, 6.07) is 7.67. The summed E-state index contributed by atoms with van der Waals surface area (Å²) in [6.07, 6.45) is 4.33. The molecule has 18 heavy (non-hydrogen) atoms. The molecule has 1 saturated heterocycles. The highest BCUT2D eigenvalue weighted by Gasteiger charge is 2.35. The van der Waals surface area contributed by atoms with Crippen LogP contribution in [0, 0.1) is 11.8 Å². The topological polar surface area (TPSA) is 38.5 Å². The number of benzene rings is 1. The van der Waals surface area contributed by atoms with Crippen LogP contribution in [0.15, 0.2) is 24.3 Å². The quantitative estimate of drug-likeness (QED) is 0.829. The highest BCUT2D eigenvalue weighted by Crippen LogP contribution is 2.37. The van der Waals surface area contributed by atoms with E-state index >= 15 is 0 Å². The molecule has 98 valence electrons. The fourth-order valence-corrected chi connectivity index (χ4v) is 3.41. The maximum Gasteiger partial charge on any atom is 0.121 e. The van der Waals surface area contributed by atoms with E-state index in [-0.39, 0.29) is 0 Å². The minimum absolute atomic E-state index is 0.767. The average molecular weight is 246 g/mol. The van der Waals surface area contributed by atoms with Gasteiger partial charge in [0, 0.05) is 31.4 Å². The number of nitrogens with two attached hydrogens (primary N) is 1. The molecule has 1 aromatic carbocycles.